The molecule has 0 spiro atoms. The van der Waals surface area contributed by atoms with Gasteiger partial charge in [-0.05, 0) is 37.1 Å². The number of nitrogen functional groups attached to an aromatic ring is 2. The molecule has 188 valence electrons. The molecule has 4 aromatic rings. The van der Waals surface area contributed by atoms with Gasteiger partial charge in [-0.25, -0.2) is 13.8 Å². The Bertz CT molecular complexity index is 1630. The minimum absolute atomic E-state index is 0.0125. The van der Waals surface area contributed by atoms with Gasteiger partial charge in [0.1, 0.15) is 34.9 Å². The summed E-state index contributed by atoms with van der Waals surface area (Å²) in [5.41, 5.74) is 16.7. The summed E-state index contributed by atoms with van der Waals surface area (Å²) in [6.07, 6.45) is 0.152. The molecular weight excluding hydrogens is 484 g/mol. The van der Waals surface area contributed by atoms with Crippen LogP contribution >= 0.6 is 0 Å². The molecule has 0 aliphatic rings. The van der Waals surface area contributed by atoms with Crippen molar-refractivity contribution in [2.24, 2.45) is 5.73 Å². The molecule has 13 heteroatoms. The van der Waals surface area contributed by atoms with Gasteiger partial charge in [0.25, 0.3) is 5.56 Å². The number of hydrogen-bond acceptors (Lipinski definition) is 9. The minimum atomic E-state index is -0.904. The van der Waals surface area contributed by atoms with Gasteiger partial charge in [0, 0.05) is 12.5 Å². The van der Waals surface area contributed by atoms with Crippen molar-refractivity contribution in [2.45, 2.75) is 25.8 Å². The fourth-order valence-electron chi connectivity index (χ4n) is 3.97. The Labute approximate surface area is 208 Å². The maximum absolute atomic E-state index is 14.2. The first kappa shape index (κ1) is 25.0. The Kier molecular flexibility index (Phi) is 6.66. The lowest BCUT2D eigenvalue weighted by molar-refractivity contribution is -0.117. The fourth-order valence-corrected chi connectivity index (χ4v) is 3.97. The SMILES string of the molecule is CC(Nc1nc(N)nc(N)c1C#N)c1nc2cccc(CCC(N)=O)c2c(=O)n1-c1cc(F)cc(F)c1. The zero-order valence-electron chi connectivity index (χ0n) is 19.5. The van der Waals surface area contributed by atoms with Crippen LogP contribution in [-0.4, -0.2) is 25.4 Å². The highest BCUT2D eigenvalue weighted by Gasteiger charge is 2.22. The van der Waals surface area contributed by atoms with Gasteiger partial charge in [-0.1, -0.05) is 12.1 Å². The number of rotatable bonds is 7. The third-order valence-electron chi connectivity index (χ3n) is 5.56. The number of benzene rings is 2. The molecule has 1 amide bonds. The number of halogens is 2. The van der Waals surface area contributed by atoms with Crippen molar-refractivity contribution >= 4 is 34.4 Å². The predicted molar refractivity (Wildman–Crippen MR) is 132 cm³/mol. The maximum atomic E-state index is 14.2. The van der Waals surface area contributed by atoms with Gasteiger partial charge in [0.2, 0.25) is 11.9 Å². The molecule has 7 N–H and O–H groups in total. The van der Waals surface area contributed by atoms with Crippen LogP contribution in [0, 0.1) is 23.0 Å². The molecule has 4 rings (SSSR count). The number of primary amides is 1. The zero-order valence-corrected chi connectivity index (χ0v) is 19.5. The van der Waals surface area contributed by atoms with E-state index in [1.165, 1.54) is 0 Å². The summed E-state index contributed by atoms with van der Waals surface area (Å²) in [6.45, 7) is 1.60. The number of nitrogens with one attached hydrogen (secondary N) is 1. The second-order valence-electron chi connectivity index (χ2n) is 8.18. The Morgan fingerprint density at radius 2 is 1.86 bits per heavy atom. The maximum Gasteiger partial charge on any atom is 0.266 e. The van der Waals surface area contributed by atoms with Gasteiger partial charge < -0.3 is 22.5 Å². The quantitative estimate of drug-likeness (QED) is 0.291. The number of aromatic nitrogens is 4. The van der Waals surface area contributed by atoms with E-state index in [1.807, 2.05) is 6.07 Å². The minimum Gasteiger partial charge on any atom is -0.382 e. The van der Waals surface area contributed by atoms with Crippen LogP contribution in [0.2, 0.25) is 0 Å². The summed E-state index contributed by atoms with van der Waals surface area (Å²) in [7, 11) is 0. The molecule has 0 fully saturated rings. The Balaban J connectivity index is 1.97. The Morgan fingerprint density at radius 3 is 2.51 bits per heavy atom. The third-order valence-corrected chi connectivity index (χ3v) is 5.56. The molecule has 2 aromatic carbocycles. The molecule has 0 aliphatic heterocycles. The third kappa shape index (κ3) is 4.98. The number of aryl methyl sites for hydroxylation is 1. The zero-order chi connectivity index (χ0) is 26.9. The van der Waals surface area contributed by atoms with Crippen molar-refractivity contribution in [1.82, 2.24) is 19.5 Å². The van der Waals surface area contributed by atoms with Crippen molar-refractivity contribution < 1.29 is 13.6 Å². The molecule has 0 aliphatic carbocycles. The molecule has 0 bridgehead atoms. The van der Waals surface area contributed by atoms with Crippen LogP contribution in [0.4, 0.5) is 26.4 Å². The molecule has 0 saturated carbocycles. The van der Waals surface area contributed by atoms with Gasteiger partial charge >= 0.3 is 0 Å². The van der Waals surface area contributed by atoms with Crippen molar-refractivity contribution in [2.75, 3.05) is 16.8 Å². The average Bonchev–Trinajstić information content (AvgIpc) is 2.81. The van der Waals surface area contributed by atoms with Crippen LogP contribution in [0.25, 0.3) is 16.6 Å². The number of nitrogens with zero attached hydrogens (tertiary/aromatic N) is 5. The molecular formula is C24H21F2N9O2. The first-order chi connectivity index (χ1) is 17.6. The van der Waals surface area contributed by atoms with Crippen LogP contribution < -0.4 is 28.1 Å². The normalized spacial score (nSPS) is 11.7. The highest BCUT2D eigenvalue weighted by atomic mass is 19.1. The molecule has 11 nitrogen and oxygen atoms in total. The van der Waals surface area contributed by atoms with E-state index in [0.717, 1.165) is 16.7 Å². The lowest BCUT2D eigenvalue weighted by Gasteiger charge is -2.21. The summed E-state index contributed by atoms with van der Waals surface area (Å²) in [4.78, 5) is 37.6. The number of nitriles is 1. The molecule has 37 heavy (non-hydrogen) atoms. The molecule has 1 unspecified atom stereocenters. The van der Waals surface area contributed by atoms with Gasteiger partial charge in [0.05, 0.1) is 22.6 Å². The number of fused-ring (bicyclic) bond motifs is 1. The standard InChI is InChI=1S/C24H21F2N9O2/c1-11(31-21-16(10-27)20(29)33-24(30)34-21)22-32-17-4-2-3-12(5-6-18(28)36)19(17)23(37)35(22)15-8-13(25)7-14(26)9-15/h2-4,7-9,11H,5-6H2,1H3,(H2,28,36)(H5,29,30,31,33,34). The number of anilines is 3. The van der Waals surface area contributed by atoms with E-state index in [4.69, 9.17) is 17.2 Å². The second kappa shape index (κ2) is 9.86. The van der Waals surface area contributed by atoms with Crippen molar-refractivity contribution in [3.63, 3.8) is 0 Å². The van der Waals surface area contributed by atoms with Crippen LogP contribution in [0.15, 0.2) is 41.2 Å². The van der Waals surface area contributed by atoms with E-state index in [1.54, 1.807) is 25.1 Å². The lowest BCUT2D eigenvalue weighted by atomic mass is 10.0. The van der Waals surface area contributed by atoms with E-state index in [2.05, 4.69) is 20.3 Å². The summed E-state index contributed by atoms with van der Waals surface area (Å²) in [5, 5.41) is 12.6. The largest absolute Gasteiger partial charge is 0.382 e. The number of carbonyl (C=O) groups is 1. The van der Waals surface area contributed by atoms with Gasteiger partial charge in [-0.15, -0.1) is 0 Å². The van der Waals surface area contributed by atoms with E-state index in [9.17, 15) is 23.6 Å². The molecule has 2 aromatic heterocycles. The van der Waals surface area contributed by atoms with Crippen molar-refractivity contribution in [1.29, 1.82) is 5.26 Å². The van der Waals surface area contributed by atoms with Crippen LogP contribution in [0.3, 0.4) is 0 Å². The van der Waals surface area contributed by atoms with Crippen LogP contribution in [0.1, 0.15) is 36.3 Å². The van der Waals surface area contributed by atoms with E-state index in [-0.39, 0.29) is 58.4 Å². The summed E-state index contributed by atoms with van der Waals surface area (Å²) in [6, 6.07) is 8.60. The lowest BCUT2D eigenvalue weighted by Crippen LogP contribution is -2.28. The Hall–Kier alpha value is -5.12. The molecule has 0 radical (unpaired) electrons. The highest BCUT2D eigenvalue weighted by molar-refractivity contribution is 5.83. The average molecular weight is 505 g/mol. The number of hydrogen-bond donors (Lipinski definition) is 4. The number of carbonyl (C=O) groups excluding carboxylic acids is 1. The van der Waals surface area contributed by atoms with Crippen LogP contribution in [-0.2, 0) is 11.2 Å². The first-order valence-corrected chi connectivity index (χ1v) is 11.0. The van der Waals surface area contributed by atoms with Crippen molar-refractivity contribution in [3.05, 3.63) is 75.3 Å². The topological polar surface area (TPSA) is 192 Å². The monoisotopic (exact) mass is 505 g/mol. The number of amides is 1. The highest BCUT2D eigenvalue weighted by Crippen LogP contribution is 2.26. The summed E-state index contributed by atoms with van der Waals surface area (Å²) >= 11 is 0. The van der Waals surface area contributed by atoms with Crippen molar-refractivity contribution in [3.8, 4) is 11.8 Å². The van der Waals surface area contributed by atoms with E-state index in [0.29, 0.717) is 11.6 Å². The molecule has 1 atom stereocenters. The van der Waals surface area contributed by atoms with Crippen LogP contribution in [0.5, 0.6) is 0 Å². The fraction of sp³-hybridized carbons (Fsp3) is 0.167. The second-order valence-corrected chi connectivity index (χ2v) is 8.18. The van der Waals surface area contributed by atoms with Gasteiger partial charge in [0.15, 0.2) is 5.82 Å². The smallest absolute Gasteiger partial charge is 0.266 e. The Morgan fingerprint density at radius 1 is 1.16 bits per heavy atom. The first-order valence-electron chi connectivity index (χ1n) is 11.0. The summed E-state index contributed by atoms with van der Waals surface area (Å²) in [5.74, 6) is -2.67. The molecule has 2 heterocycles. The van der Waals surface area contributed by atoms with Gasteiger partial charge in [-0.2, -0.15) is 15.2 Å². The van der Waals surface area contributed by atoms with Gasteiger partial charge in [-0.3, -0.25) is 14.2 Å². The molecule has 0 saturated heterocycles. The van der Waals surface area contributed by atoms with E-state index >= 15 is 0 Å². The number of nitrogens with two attached hydrogens (primary N) is 3. The predicted octanol–water partition coefficient (Wildman–Crippen LogP) is 2.08. The van der Waals surface area contributed by atoms with E-state index < -0.39 is 29.1 Å². The summed E-state index contributed by atoms with van der Waals surface area (Å²) < 4.78 is 29.4.